The van der Waals surface area contributed by atoms with Crippen LogP contribution in [0.3, 0.4) is 0 Å². The van der Waals surface area contributed by atoms with Gasteiger partial charge in [-0.3, -0.25) is 0 Å². The summed E-state index contributed by atoms with van der Waals surface area (Å²) in [6.45, 7) is 5.96. The van der Waals surface area contributed by atoms with Gasteiger partial charge >= 0.3 is 13.0 Å². The van der Waals surface area contributed by atoms with E-state index in [-0.39, 0.29) is 5.56 Å². The van der Waals surface area contributed by atoms with Crippen LogP contribution in [0.25, 0.3) is 0 Å². The first-order valence-corrected chi connectivity index (χ1v) is 6.49. The van der Waals surface area contributed by atoms with Gasteiger partial charge in [0.2, 0.25) is 0 Å². The molecule has 0 amide bonds. The first-order valence-electron chi connectivity index (χ1n) is 6.49. The summed E-state index contributed by atoms with van der Waals surface area (Å²) < 4.78 is 50.3. The Bertz CT molecular complexity index is 470. The third-order valence-corrected chi connectivity index (χ3v) is 4.03. The van der Waals surface area contributed by atoms with Gasteiger partial charge in [0.05, 0.1) is 11.2 Å². The van der Waals surface area contributed by atoms with E-state index in [1.807, 2.05) is 27.7 Å². The number of benzene rings is 1. The summed E-state index contributed by atoms with van der Waals surface area (Å²) >= 11 is 0. The van der Waals surface area contributed by atoms with Crippen molar-refractivity contribution < 1.29 is 22.5 Å². The summed E-state index contributed by atoms with van der Waals surface area (Å²) in [7, 11) is -0.604. The highest BCUT2D eigenvalue weighted by molar-refractivity contribution is 6.62. The minimum atomic E-state index is -3.45. The molecule has 6 heteroatoms. The molecule has 0 aliphatic carbocycles. The van der Waals surface area contributed by atoms with Crippen molar-refractivity contribution in [2.45, 2.75) is 44.8 Å². The molecule has 0 atom stereocenters. The van der Waals surface area contributed by atoms with Crippen LogP contribution in [0, 0.1) is 0 Å². The molecular formula is C14H18BF3O2. The number of rotatable bonds is 3. The molecular weight excluding hydrogens is 268 g/mol. The predicted octanol–water partition coefficient (Wildman–Crippen LogP) is 3.05. The van der Waals surface area contributed by atoms with E-state index in [4.69, 9.17) is 9.31 Å². The molecule has 110 valence electrons. The Morgan fingerprint density at radius 1 is 1.00 bits per heavy atom. The number of hydrogen-bond donors (Lipinski definition) is 0. The van der Waals surface area contributed by atoms with Gasteiger partial charge in [0, 0.05) is 5.56 Å². The Morgan fingerprint density at radius 3 is 1.85 bits per heavy atom. The molecule has 1 heterocycles. The summed E-state index contributed by atoms with van der Waals surface area (Å²) in [5.41, 5.74) is -0.680. The predicted molar refractivity (Wildman–Crippen MR) is 72.0 cm³/mol. The second kappa shape index (κ2) is 4.77. The average molecular weight is 286 g/mol. The Kier molecular flexibility index (Phi) is 3.67. The van der Waals surface area contributed by atoms with E-state index in [0.29, 0.717) is 5.46 Å². The highest BCUT2D eigenvalue weighted by Gasteiger charge is 2.51. The molecule has 0 saturated carbocycles. The lowest BCUT2D eigenvalue weighted by Gasteiger charge is -2.32. The number of hydrogen-bond acceptors (Lipinski definition) is 2. The van der Waals surface area contributed by atoms with Gasteiger partial charge in [0.15, 0.2) is 6.67 Å². The maximum absolute atomic E-state index is 13.2. The van der Waals surface area contributed by atoms with Crippen molar-refractivity contribution in [1.82, 2.24) is 0 Å². The zero-order chi connectivity index (χ0) is 15.2. The van der Waals surface area contributed by atoms with Gasteiger partial charge in [-0.15, -0.1) is 0 Å². The summed E-state index contributed by atoms with van der Waals surface area (Å²) in [6, 6.07) is 5.39. The SMILES string of the molecule is CC1(C)OB(c2ccc(C(F)(F)CF)cc2)OC1(C)C. The third kappa shape index (κ3) is 2.59. The van der Waals surface area contributed by atoms with Gasteiger partial charge in [0.25, 0.3) is 0 Å². The number of alkyl halides is 3. The Balaban J connectivity index is 2.21. The molecule has 2 rings (SSSR count). The average Bonchev–Trinajstić information content (AvgIpc) is 2.59. The molecule has 1 aliphatic heterocycles. The molecule has 0 N–H and O–H groups in total. The van der Waals surface area contributed by atoms with E-state index in [1.165, 1.54) is 24.3 Å². The van der Waals surface area contributed by atoms with Crippen LogP contribution in [0.4, 0.5) is 13.2 Å². The van der Waals surface area contributed by atoms with Crippen LogP contribution in [0.5, 0.6) is 0 Å². The maximum Gasteiger partial charge on any atom is 0.494 e. The first-order chi connectivity index (χ1) is 9.09. The van der Waals surface area contributed by atoms with Crippen LogP contribution in [0.1, 0.15) is 33.3 Å². The smallest absolute Gasteiger partial charge is 0.399 e. The van der Waals surface area contributed by atoms with Crippen LogP contribution >= 0.6 is 0 Å². The molecule has 0 bridgehead atoms. The van der Waals surface area contributed by atoms with E-state index < -0.39 is 30.9 Å². The molecule has 0 unspecified atom stereocenters. The Morgan fingerprint density at radius 2 is 1.45 bits per heavy atom. The van der Waals surface area contributed by atoms with Gasteiger partial charge in [-0.2, -0.15) is 8.78 Å². The largest absolute Gasteiger partial charge is 0.494 e. The van der Waals surface area contributed by atoms with E-state index in [0.717, 1.165) is 0 Å². The fourth-order valence-corrected chi connectivity index (χ4v) is 1.94. The quantitative estimate of drug-likeness (QED) is 0.795. The molecule has 2 nitrogen and oxygen atoms in total. The van der Waals surface area contributed by atoms with Crippen molar-refractivity contribution >= 4 is 12.6 Å². The van der Waals surface area contributed by atoms with E-state index >= 15 is 0 Å². The lowest BCUT2D eigenvalue weighted by molar-refractivity contribution is -0.0280. The van der Waals surface area contributed by atoms with Gasteiger partial charge in [-0.1, -0.05) is 24.3 Å². The molecule has 0 aromatic heterocycles. The Labute approximate surface area is 117 Å². The summed E-state index contributed by atoms with van der Waals surface area (Å²) in [5, 5.41) is 0. The fraction of sp³-hybridized carbons (Fsp3) is 0.571. The monoisotopic (exact) mass is 286 g/mol. The fourth-order valence-electron chi connectivity index (χ4n) is 1.94. The molecule has 1 aromatic carbocycles. The van der Waals surface area contributed by atoms with Crippen molar-refractivity contribution in [1.29, 1.82) is 0 Å². The minimum Gasteiger partial charge on any atom is -0.399 e. The second-order valence-corrected chi connectivity index (χ2v) is 6.05. The maximum atomic E-state index is 13.2. The molecule has 1 aromatic rings. The zero-order valence-electron chi connectivity index (χ0n) is 12.0. The van der Waals surface area contributed by atoms with Gasteiger partial charge in [0.1, 0.15) is 0 Å². The van der Waals surface area contributed by atoms with Crippen LogP contribution in [0.2, 0.25) is 0 Å². The van der Waals surface area contributed by atoms with E-state index in [2.05, 4.69) is 0 Å². The molecule has 0 radical (unpaired) electrons. The van der Waals surface area contributed by atoms with Crippen LogP contribution in [-0.4, -0.2) is 25.0 Å². The van der Waals surface area contributed by atoms with Crippen LogP contribution in [0.15, 0.2) is 24.3 Å². The molecule has 1 saturated heterocycles. The van der Waals surface area contributed by atoms with E-state index in [1.54, 1.807) is 0 Å². The summed E-state index contributed by atoms with van der Waals surface area (Å²) in [6.07, 6.45) is 0. The summed E-state index contributed by atoms with van der Waals surface area (Å²) in [5.74, 6) is -3.45. The van der Waals surface area contributed by atoms with Crippen LogP contribution in [-0.2, 0) is 15.2 Å². The molecule has 1 fully saturated rings. The van der Waals surface area contributed by atoms with Crippen LogP contribution < -0.4 is 5.46 Å². The van der Waals surface area contributed by atoms with Crippen molar-refractivity contribution in [2.24, 2.45) is 0 Å². The van der Waals surface area contributed by atoms with Crippen molar-refractivity contribution in [3.05, 3.63) is 29.8 Å². The number of halogens is 3. The van der Waals surface area contributed by atoms with Crippen molar-refractivity contribution in [2.75, 3.05) is 6.67 Å². The zero-order valence-corrected chi connectivity index (χ0v) is 12.0. The molecule has 1 aliphatic rings. The molecule has 20 heavy (non-hydrogen) atoms. The van der Waals surface area contributed by atoms with Gasteiger partial charge in [-0.05, 0) is 33.2 Å². The Hall–Kier alpha value is -1.01. The summed E-state index contributed by atoms with van der Waals surface area (Å²) in [4.78, 5) is 0. The third-order valence-electron chi connectivity index (χ3n) is 4.03. The van der Waals surface area contributed by atoms with Gasteiger partial charge < -0.3 is 9.31 Å². The second-order valence-electron chi connectivity index (χ2n) is 6.05. The van der Waals surface area contributed by atoms with Crippen molar-refractivity contribution in [3.63, 3.8) is 0 Å². The lowest BCUT2D eigenvalue weighted by Crippen LogP contribution is -2.41. The lowest BCUT2D eigenvalue weighted by atomic mass is 9.78. The normalized spacial score (nSPS) is 21.2. The first kappa shape index (κ1) is 15.4. The minimum absolute atomic E-state index is 0.347. The van der Waals surface area contributed by atoms with E-state index in [9.17, 15) is 13.2 Å². The van der Waals surface area contributed by atoms with Gasteiger partial charge in [-0.25, -0.2) is 4.39 Å². The standard InChI is InChI=1S/C14H18BF3O2/c1-12(2)13(3,4)20-15(19-12)11-7-5-10(6-8-11)14(17,18)9-16/h5-8H,9H2,1-4H3. The molecule has 0 spiro atoms. The highest BCUT2D eigenvalue weighted by Crippen LogP contribution is 2.36. The van der Waals surface area contributed by atoms with Crippen molar-refractivity contribution in [3.8, 4) is 0 Å². The topological polar surface area (TPSA) is 18.5 Å². The highest BCUT2D eigenvalue weighted by atomic mass is 19.3.